The number of aliphatic imine (C=N–C) groups is 1. The number of nitrogens with zero attached hydrogens (tertiary/aromatic N) is 2. The van der Waals surface area contributed by atoms with Gasteiger partial charge in [-0.15, -0.1) is 0 Å². The van der Waals surface area contributed by atoms with Crippen LogP contribution in [0.15, 0.2) is 29.3 Å². The molecule has 2 heterocycles. The average molecular weight is 364 g/mol. The molecular weight excluding hydrogens is 355 g/mol. The van der Waals surface area contributed by atoms with Crippen LogP contribution in [-0.2, 0) is 4.79 Å². The Bertz CT molecular complexity index is 707. The molecule has 1 fully saturated rings. The molecule has 3 rings (SSSR count). The molecule has 1 atom stereocenters. The van der Waals surface area contributed by atoms with Crippen molar-refractivity contribution in [2.24, 2.45) is 4.99 Å². The van der Waals surface area contributed by atoms with Crippen molar-refractivity contribution in [3.8, 4) is 0 Å². The highest BCUT2D eigenvalue weighted by Gasteiger charge is 2.67. The molecule has 1 saturated heterocycles. The van der Waals surface area contributed by atoms with Crippen LogP contribution < -0.4 is 5.32 Å². The third kappa shape index (κ3) is 2.57. The van der Waals surface area contributed by atoms with Gasteiger partial charge < -0.3 is 5.32 Å². The zero-order valence-corrected chi connectivity index (χ0v) is 12.9. The first-order valence-corrected chi connectivity index (χ1v) is 7.80. The first kappa shape index (κ1) is 16.1. The fraction of sp³-hybridized carbons (Fsp3) is 0.308. The summed E-state index contributed by atoms with van der Waals surface area (Å²) in [6, 6.07) is 5.27. The molecule has 0 aliphatic carbocycles. The zero-order chi connectivity index (χ0) is 16.8. The molecule has 2 aliphatic rings. The standard InChI is InChI=1S/C13H9ClF3N3O2S/c14-8-3-1-7(2-4-8)9(21)18-12(13(15,16)17)10(22)20-5-6-23-11(20)19-12/h1-4H,5-6H2,(H,18,21)/t12-/m1/s1. The van der Waals surface area contributed by atoms with Gasteiger partial charge in [0.05, 0.1) is 0 Å². The van der Waals surface area contributed by atoms with Crippen LogP contribution in [0.5, 0.6) is 0 Å². The molecule has 0 aromatic heterocycles. The van der Waals surface area contributed by atoms with E-state index in [4.69, 9.17) is 11.6 Å². The molecule has 10 heteroatoms. The normalized spacial score (nSPS) is 23.7. The van der Waals surface area contributed by atoms with Gasteiger partial charge in [0, 0.05) is 22.9 Å². The van der Waals surface area contributed by atoms with Gasteiger partial charge in [0.25, 0.3) is 11.8 Å². The predicted molar refractivity (Wildman–Crippen MR) is 79.3 cm³/mol. The maximum absolute atomic E-state index is 13.5. The Kier molecular flexibility index (Phi) is 3.80. The van der Waals surface area contributed by atoms with Gasteiger partial charge in [-0.1, -0.05) is 23.4 Å². The molecular formula is C13H9ClF3N3O2S. The minimum atomic E-state index is -5.05. The Morgan fingerprint density at radius 3 is 2.57 bits per heavy atom. The highest BCUT2D eigenvalue weighted by Crippen LogP contribution is 2.41. The largest absolute Gasteiger partial charge is 0.442 e. The first-order chi connectivity index (χ1) is 10.7. The number of amidine groups is 1. The molecule has 122 valence electrons. The maximum atomic E-state index is 13.5. The van der Waals surface area contributed by atoms with Crippen LogP contribution in [-0.4, -0.2) is 46.0 Å². The summed E-state index contributed by atoms with van der Waals surface area (Å²) in [6.45, 7) is 0.136. The number of thioether (sulfide) groups is 1. The van der Waals surface area contributed by atoms with Crippen molar-refractivity contribution >= 4 is 40.3 Å². The lowest BCUT2D eigenvalue weighted by Gasteiger charge is -2.28. The number of fused-ring (bicyclic) bond motifs is 1. The average Bonchev–Trinajstić information content (AvgIpc) is 3.02. The lowest BCUT2D eigenvalue weighted by atomic mass is 10.1. The van der Waals surface area contributed by atoms with Crippen LogP contribution in [0, 0.1) is 0 Å². The Balaban J connectivity index is 1.96. The molecule has 0 bridgehead atoms. The second-order valence-corrected chi connectivity index (χ2v) is 6.37. The number of benzene rings is 1. The molecule has 5 nitrogen and oxygen atoms in total. The van der Waals surface area contributed by atoms with Crippen molar-refractivity contribution in [1.29, 1.82) is 0 Å². The monoisotopic (exact) mass is 363 g/mol. The van der Waals surface area contributed by atoms with Gasteiger partial charge in [0.15, 0.2) is 5.17 Å². The van der Waals surface area contributed by atoms with Gasteiger partial charge in [-0.2, -0.15) is 13.2 Å². The Morgan fingerprint density at radius 2 is 2.00 bits per heavy atom. The number of hydrogen-bond donors (Lipinski definition) is 1. The summed E-state index contributed by atoms with van der Waals surface area (Å²) < 4.78 is 40.5. The lowest BCUT2D eigenvalue weighted by Crippen LogP contribution is -2.63. The van der Waals surface area contributed by atoms with E-state index in [1.165, 1.54) is 24.3 Å². The molecule has 0 saturated carbocycles. The van der Waals surface area contributed by atoms with E-state index in [1.54, 1.807) is 5.32 Å². The van der Waals surface area contributed by atoms with Gasteiger partial charge in [0.2, 0.25) is 0 Å². The van der Waals surface area contributed by atoms with Crippen LogP contribution in [0.25, 0.3) is 0 Å². The van der Waals surface area contributed by atoms with Gasteiger partial charge >= 0.3 is 11.8 Å². The van der Waals surface area contributed by atoms with Crippen molar-refractivity contribution < 1.29 is 22.8 Å². The molecule has 23 heavy (non-hydrogen) atoms. The third-order valence-electron chi connectivity index (χ3n) is 3.41. The predicted octanol–water partition coefficient (Wildman–Crippen LogP) is 2.27. The van der Waals surface area contributed by atoms with E-state index in [2.05, 4.69) is 4.99 Å². The molecule has 2 amide bonds. The smallest absolute Gasteiger partial charge is 0.312 e. The molecule has 2 aliphatic heterocycles. The fourth-order valence-electron chi connectivity index (χ4n) is 2.24. The number of amides is 2. The quantitative estimate of drug-likeness (QED) is 0.877. The number of carbonyl (C=O) groups is 2. The van der Waals surface area contributed by atoms with Crippen LogP contribution in [0.1, 0.15) is 10.4 Å². The van der Waals surface area contributed by atoms with Crippen molar-refractivity contribution in [2.45, 2.75) is 11.8 Å². The van der Waals surface area contributed by atoms with E-state index in [-0.39, 0.29) is 17.3 Å². The minimum Gasteiger partial charge on any atom is -0.312 e. The topological polar surface area (TPSA) is 61.8 Å². The van der Waals surface area contributed by atoms with Crippen molar-refractivity contribution in [1.82, 2.24) is 10.2 Å². The van der Waals surface area contributed by atoms with E-state index in [9.17, 15) is 22.8 Å². The summed E-state index contributed by atoms with van der Waals surface area (Å²) in [5.74, 6) is -1.86. The molecule has 0 spiro atoms. The van der Waals surface area contributed by atoms with Gasteiger partial charge in [0.1, 0.15) is 0 Å². The summed E-state index contributed by atoms with van der Waals surface area (Å²) in [5.41, 5.74) is -3.32. The van der Waals surface area contributed by atoms with Crippen LogP contribution in [0.2, 0.25) is 5.02 Å². The second-order valence-electron chi connectivity index (χ2n) is 4.87. The number of carbonyl (C=O) groups excluding carboxylic acids is 2. The summed E-state index contributed by atoms with van der Waals surface area (Å²) in [6.07, 6.45) is -5.05. The van der Waals surface area contributed by atoms with Crippen molar-refractivity contribution in [3.05, 3.63) is 34.9 Å². The lowest BCUT2D eigenvalue weighted by molar-refractivity contribution is -0.196. The molecule has 1 aromatic carbocycles. The van der Waals surface area contributed by atoms with E-state index in [1.807, 2.05) is 0 Å². The number of nitrogens with one attached hydrogen (secondary N) is 1. The van der Waals surface area contributed by atoms with Gasteiger partial charge in [-0.3, -0.25) is 14.5 Å². The van der Waals surface area contributed by atoms with Crippen molar-refractivity contribution in [2.75, 3.05) is 12.3 Å². The van der Waals surface area contributed by atoms with E-state index in [0.717, 1.165) is 16.7 Å². The highest BCUT2D eigenvalue weighted by atomic mass is 35.5. The van der Waals surface area contributed by atoms with Gasteiger partial charge in [-0.05, 0) is 24.3 Å². The summed E-state index contributed by atoms with van der Waals surface area (Å²) in [4.78, 5) is 28.8. The number of halogens is 4. The maximum Gasteiger partial charge on any atom is 0.442 e. The SMILES string of the molecule is O=C(N[C@@]1(C(F)(F)F)N=C2SCCN2C1=O)c1ccc(Cl)cc1. The summed E-state index contributed by atoms with van der Waals surface area (Å²) >= 11 is 6.72. The van der Waals surface area contributed by atoms with E-state index in [0.29, 0.717) is 10.8 Å². The number of hydrogen-bond acceptors (Lipinski definition) is 4. The summed E-state index contributed by atoms with van der Waals surface area (Å²) in [7, 11) is 0. The zero-order valence-electron chi connectivity index (χ0n) is 11.4. The number of rotatable bonds is 2. The van der Waals surface area contributed by atoms with Crippen molar-refractivity contribution in [3.63, 3.8) is 0 Å². The molecule has 0 unspecified atom stereocenters. The molecule has 1 aromatic rings. The van der Waals surface area contributed by atoms with Gasteiger partial charge in [-0.25, -0.2) is 4.99 Å². The Hall–Kier alpha value is -1.74. The fourth-order valence-corrected chi connectivity index (χ4v) is 3.36. The van der Waals surface area contributed by atoms with Crippen LogP contribution >= 0.6 is 23.4 Å². The summed E-state index contributed by atoms with van der Waals surface area (Å²) in [5, 5.41) is 2.06. The van der Waals surface area contributed by atoms with Crippen LogP contribution in [0.4, 0.5) is 13.2 Å². The molecule has 1 N–H and O–H groups in total. The highest BCUT2D eigenvalue weighted by molar-refractivity contribution is 8.14. The van der Waals surface area contributed by atoms with E-state index < -0.39 is 23.7 Å². The Morgan fingerprint density at radius 1 is 1.35 bits per heavy atom. The minimum absolute atomic E-state index is 0.0243. The molecule has 0 radical (unpaired) electrons. The van der Waals surface area contributed by atoms with E-state index >= 15 is 0 Å². The second kappa shape index (κ2) is 5.41. The number of alkyl halides is 3. The Labute approximate surface area is 137 Å². The third-order valence-corrected chi connectivity index (χ3v) is 4.61. The van der Waals surface area contributed by atoms with Crippen LogP contribution in [0.3, 0.4) is 0 Å². The first-order valence-electron chi connectivity index (χ1n) is 6.44.